The minimum Gasteiger partial charge on any atom is -0.493 e. The van der Waals surface area contributed by atoms with Gasteiger partial charge in [0.05, 0.1) is 19.5 Å². The Morgan fingerprint density at radius 3 is 2.78 bits per heavy atom. The van der Waals surface area contributed by atoms with Gasteiger partial charge in [-0.15, -0.1) is 0 Å². The van der Waals surface area contributed by atoms with Crippen LogP contribution in [0.15, 0.2) is 41.0 Å². The Bertz CT molecular complexity index is 645. The lowest BCUT2D eigenvalue weighted by atomic mass is 10.2. The van der Waals surface area contributed by atoms with Crippen LogP contribution in [0.2, 0.25) is 0 Å². The van der Waals surface area contributed by atoms with E-state index in [9.17, 15) is 4.79 Å². The Labute approximate surface area is 135 Å². The molecule has 1 fully saturated rings. The zero-order valence-electron chi connectivity index (χ0n) is 13.2. The van der Waals surface area contributed by atoms with Gasteiger partial charge >= 0.3 is 0 Å². The zero-order chi connectivity index (χ0) is 16.1. The van der Waals surface area contributed by atoms with Crippen molar-refractivity contribution in [2.45, 2.75) is 38.3 Å². The molecule has 1 aromatic heterocycles. The van der Waals surface area contributed by atoms with Crippen molar-refractivity contribution in [3.63, 3.8) is 0 Å². The summed E-state index contributed by atoms with van der Waals surface area (Å²) < 4.78 is 16.5. The van der Waals surface area contributed by atoms with Gasteiger partial charge in [-0.3, -0.25) is 4.79 Å². The lowest BCUT2D eigenvalue weighted by molar-refractivity contribution is 0.0923. The Kier molecular flexibility index (Phi) is 4.86. The summed E-state index contributed by atoms with van der Waals surface area (Å²) in [6.45, 7) is 0.402. The first kappa shape index (κ1) is 15.5. The maximum absolute atomic E-state index is 11.9. The fraction of sp³-hybridized carbons (Fsp3) is 0.389. The zero-order valence-corrected chi connectivity index (χ0v) is 13.2. The van der Waals surface area contributed by atoms with Crippen LogP contribution >= 0.6 is 0 Å². The maximum Gasteiger partial charge on any atom is 0.287 e. The average molecular weight is 315 g/mol. The predicted octanol–water partition coefficient (Wildman–Crippen LogP) is 3.54. The molecule has 0 unspecified atom stereocenters. The molecule has 122 valence electrons. The van der Waals surface area contributed by atoms with E-state index in [1.165, 1.54) is 19.1 Å². The van der Waals surface area contributed by atoms with Crippen molar-refractivity contribution in [1.29, 1.82) is 0 Å². The largest absolute Gasteiger partial charge is 0.493 e. The number of methoxy groups -OCH3 is 1. The number of carbonyl (C=O) groups is 1. The SMILES string of the molecule is COc1cc(CNC(=O)c2ccco2)ccc1OC1CCCC1. The molecule has 1 heterocycles. The van der Waals surface area contributed by atoms with Gasteiger partial charge < -0.3 is 19.2 Å². The number of hydrogen-bond acceptors (Lipinski definition) is 4. The van der Waals surface area contributed by atoms with Crippen LogP contribution in [-0.2, 0) is 6.54 Å². The number of rotatable bonds is 6. The molecular weight excluding hydrogens is 294 g/mol. The normalized spacial score (nSPS) is 14.7. The third-order valence-corrected chi connectivity index (χ3v) is 4.02. The number of carbonyl (C=O) groups excluding carboxylic acids is 1. The van der Waals surface area contributed by atoms with Crippen LogP contribution in [0.3, 0.4) is 0 Å². The molecule has 0 radical (unpaired) electrons. The minimum absolute atomic E-state index is 0.236. The summed E-state index contributed by atoms with van der Waals surface area (Å²) in [6.07, 6.45) is 6.42. The summed E-state index contributed by atoms with van der Waals surface area (Å²) in [5, 5.41) is 2.82. The average Bonchev–Trinajstić information content (AvgIpc) is 3.27. The molecular formula is C18H21NO4. The fourth-order valence-corrected chi connectivity index (χ4v) is 2.78. The van der Waals surface area contributed by atoms with E-state index in [0.29, 0.717) is 18.1 Å². The minimum atomic E-state index is -0.236. The first-order valence-electron chi connectivity index (χ1n) is 7.91. The molecule has 1 aromatic carbocycles. The van der Waals surface area contributed by atoms with Crippen LogP contribution in [0.25, 0.3) is 0 Å². The van der Waals surface area contributed by atoms with E-state index in [0.717, 1.165) is 24.2 Å². The Morgan fingerprint density at radius 1 is 1.26 bits per heavy atom. The van der Waals surface area contributed by atoms with Crippen molar-refractivity contribution in [2.24, 2.45) is 0 Å². The van der Waals surface area contributed by atoms with E-state index in [-0.39, 0.29) is 12.0 Å². The van der Waals surface area contributed by atoms with Gasteiger partial charge in [0.15, 0.2) is 17.3 Å². The van der Waals surface area contributed by atoms with E-state index < -0.39 is 0 Å². The van der Waals surface area contributed by atoms with Gasteiger partial charge in [0.25, 0.3) is 5.91 Å². The maximum atomic E-state index is 11.9. The molecule has 5 nitrogen and oxygen atoms in total. The molecule has 0 atom stereocenters. The topological polar surface area (TPSA) is 60.7 Å². The monoisotopic (exact) mass is 315 g/mol. The summed E-state index contributed by atoms with van der Waals surface area (Å²) >= 11 is 0. The summed E-state index contributed by atoms with van der Waals surface area (Å²) in [5.41, 5.74) is 0.945. The number of hydrogen-bond donors (Lipinski definition) is 1. The third kappa shape index (κ3) is 3.86. The van der Waals surface area contributed by atoms with Crippen LogP contribution in [-0.4, -0.2) is 19.1 Å². The number of benzene rings is 1. The van der Waals surface area contributed by atoms with Crippen molar-refractivity contribution in [3.05, 3.63) is 47.9 Å². The van der Waals surface area contributed by atoms with Crippen LogP contribution in [0.4, 0.5) is 0 Å². The highest BCUT2D eigenvalue weighted by Gasteiger charge is 2.18. The van der Waals surface area contributed by atoms with Crippen molar-refractivity contribution >= 4 is 5.91 Å². The van der Waals surface area contributed by atoms with Crippen LogP contribution in [0, 0.1) is 0 Å². The second kappa shape index (κ2) is 7.22. The smallest absolute Gasteiger partial charge is 0.287 e. The number of furan rings is 1. The molecule has 1 N–H and O–H groups in total. The molecule has 0 aliphatic heterocycles. The summed E-state index contributed by atoms with van der Waals surface area (Å²) in [5.74, 6) is 1.53. The van der Waals surface area contributed by atoms with Gasteiger partial charge in [-0.05, 0) is 55.5 Å². The number of nitrogens with one attached hydrogen (secondary N) is 1. The van der Waals surface area contributed by atoms with E-state index >= 15 is 0 Å². The first-order chi connectivity index (χ1) is 11.3. The molecule has 0 saturated heterocycles. The molecule has 5 heteroatoms. The van der Waals surface area contributed by atoms with Crippen molar-refractivity contribution in [2.75, 3.05) is 7.11 Å². The third-order valence-electron chi connectivity index (χ3n) is 4.02. The molecule has 1 aliphatic rings. The van der Waals surface area contributed by atoms with E-state index in [1.807, 2.05) is 18.2 Å². The molecule has 0 spiro atoms. The quantitative estimate of drug-likeness (QED) is 0.885. The Hall–Kier alpha value is -2.43. The molecule has 1 saturated carbocycles. The van der Waals surface area contributed by atoms with E-state index in [1.54, 1.807) is 19.2 Å². The molecule has 0 bridgehead atoms. The first-order valence-corrected chi connectivity index (χ1v) is 7.91. The van der Waals surface area contributed by atoms with Crippen molar-refractivity contribution in [3.8, 4) is 11.5 Å². The van der Waals surface area contributed by atoms with E-state index in [4.69, 9.17) is 13.9 Å². The lowest BCUT2D eigenvalue weighted by Gasteiger charge is -2.16. The van der Waals surface area contributed by atoms with Crippen molar-refractivity contribution in [1.82, 2.24) is 5.32 Å². The van der Waals surface area contributed by atoms with Crippen LogP contribution in [0.1, 0.15) is 41.8 Å². The number of amides is 1. The Morgan fingerprint density at radius 2 is 2.09 bits per heavy atom. The highest BCUT2D eigenvalue weighted by Crippen LogP contribution is 2.32. The van der Waals surface area contributed by atoms with E-state index in [2.05, 4.69) is 5.32 Å². The van der Waals surface area contributed by atoms with Crippen LogP contribution in [0.5, 0.6) is 11.5 Å². The number of ether oxygens (including phenoxy) is 2. The van der Waals surface area contributed by atoms with Gasteiger partial charge in [-0.25, -0.2) is 0 Å². The second-order valence-electron chi connectivity index (χ2n) is 5.67. The lowest BCUT2D eigenvalue weighted by Crippen LogP contribution is -2.22. The molecule has 3 rings (SSSR count). The van der Waals surface area contributed by atoms with Gasteiger partial charge in [-0.1, -0.05) is 6.07 Å². The summed E-state index contributed by atoms with van der Waals surface area (Å²) in [7, 11) is 1.63. The van der Waals surface area contributed by atoms with Gasteiger partial charge in [0.1, 0.15) is 0 Å². The highest BCUT2D eigenvalue weighted by molar-refractivity contribution is 5.91. The van der Waals surface area contributed by atoms with Gasteiger partial charge in [0, 0.05) is 6.54 Å². The standard InChI is InChI=1S/C18H21NO4/c1-21-17-11-13(12-19-18(20)16-7-4-10-22-16)8-9-15(17)23-14-5-2-3-6-14/h4,7-11,14H,2-3,5-6,12H2,1H3,(H,19,20). The molecule has 23 heavy (non-hydrogen) atoms. The molecule has 1 aliphatic carbocycles. The van der Waals surface area contributed by atoms with Crippen molar-refractivity contribution < 1.29 is 18.7 Å². The van der Waals surface area contributed by atoms with Gasteiger partial charge in [-0.2, -0.15) is 0 Å². The molecule has 2 aromatic rings. The Balaban J connectivity index is 1.62. The summed E-state index contributed by atoms with van der Waals surface area (Å²) in [4.78, 5) is 11.9. The second-order valence-corrected chi connectivity index (χ2v) is 5.67. The highest BCUT2D eigenvalue weighted by atomic mass is 16.5. The predicted molar refractivity (Wildman–Crippen MR) is 85.8 cm³/mol. The van der Waals surface area contributed by atoms with Gasteiger partial charge in [0.2, 0.25) is 0 Å². The fourth-order valence-electron chi connectivity index (χ4n) is 2.78. The molecule has 1 amide bonds. The summed E-state index contributed by atoms with van der Waals surface area (Å²) in [6, 6.07) is 9.06. The van der Waals surface area contributed by atoms with Crippen LogP contribution < -0.4 is 14.8 Å².